The van der Waals surface area contributed by atoms with Gasteiger partial charge in [0.2, 0.25) is 0 Å². The molecule has 2 nitrogen and oxygen atoms in total. The van der Waals surface area contributed by atoms with Crippen molar-refractivity contribution in [3.63, 3.8) is 0 Å². The number of alkyl halides is 2. The Bertz CT molecular complexity index is 114. The van der Waals surface area contributed by atoms with Crippen molar-refractivity contribution in [2.24, 2.45) is 5.92 Å². The van der Waals surface area contributed by atoms with Gasteiger partial charge in [-0.05, 0) is 0 Å². The smallest absolute Gasteiger partial charge is 0.160 e. The fraction of sp³-hybridized carbons (Fsp3) is 1.00. The summed E-state index contributed by atoms with van der Waals surface area (Å²) in [6.07, 6.45) is -0.300. The van der Waals surface area contributed by atoms with E-state index in [2.05, 4.69) is 0 Å². The molecule has 1 saturated heterocycles. The van der Waals surface area contributed by atoms with Gasteiger partial charge in [-0.1, -0.05) is 13.8 Å². The van der Waals surface area contributed by atoms with Crippen LogP contribution in [0.5, 0.6) is 0 Å². The summed E-state index contributed by atoms with van der Waals surface area (Å²) in [7, 11) is 0. The van der Waals surface area contributed by atoms with E-state index >= 15 is 0 Å². The van der Waals surface area contributed by atoms with Gasteiger partial charge < -0.3 is 9.47 Å². The molecule has 0 bridgehead atoms. The van der Waals surface area contributed by atoms with Crippen LogP contribution in [0.25, 0.3) is 0 Å². The van der Waals surface area contributed by atoms with Crippen molar-refractivity contribution in [3.8, 4) is 0 Å². The molecule has 0 amide bonds. The third-order valence-corrected chi connectivity index (χ3v) is 2.12. The topological polar surface area (TPSA) is 18.5 Å². The lowest BCUT2D eigenvalue weighted by atomic mass is 10.2. The van der Waals surface area contributed by atoms with E-state index in [-0.39, 0.29) is 12.4 Å². The van der Waals surface area contributed by atoms with Crippen LogP contribution < -0.4 is 0 Å². The zero-order valence-electron chi connectivity index (χ0n) is 6.59. The summed E-state index contributed by atoms with van der Waals surface area (Å²) in [6, 6.07) is 0. The van der Waals surface area contributed by atoms with Crippen molar-refractivity contribution in [2.75, 3.05) is 6.61 Å². The molecule has 2 unspecified atom stereocenters. The summed E-state index contributed by atoms with van der Waals surface area (Å²) in [6.45, 7) is 4.57. The predicted molar refractivity (Wildman–Crippen MR) is 44.9 cm³/mol. The van der Waals surface area contributed by atoms with Crippen molar-refractivity contribution in [3.05, 3.63) is 0 Å². The first-order valence-corrected chi connectivity index (χ1v) is 4.53. The molecule has 1 rings (SSSR count). The summed E-state index contributed by atoms with van der Waals surface area (Å²) in [5.74, 6) is 0.354. The molecule has 0 aromatic heterocycles. The van der Waals surface area contributed by atoms with Gasteiger partial charge in [0.25, 0.3) is 0 Å². The molecule has 1 fully saturated rings. The quantitative estimate of drug-likeness (QED) is 0.634. The molecule has 0 aliphatic carbocycles. The first-order chi connectivity index (χ1) is 5.11. The van der Waals surface area contributed by atoms with Gasteiger partial charge in [-0.25, -0.2) is 0 Å². The number of ether oxygens (including phenoxy) is 2. The Balaban J connectivity index is 2.35. The molecular formula is C7H12Cl2O2. The minimum absolute atomic E-state index is 0.139. The Morgan fingerprint density at radius 2 is 2.00 bits per heavy atom. The Hall–Kier alpha value is 0.500. The predicted octanol–water partition coefficient (Wildman–Crippen LogP) is 2.19. The van der Waals surface area contributed by atoms with Crippen molar-refractivity contribution >= 4 is 23.2 Å². The highest BCUT2D eigenvalue weighted by Crippen LogP contribution is 2.24. The van der Waals surface area contributed by atoms with Gasteiger partial charge in [0.1, 0.15) is 10.9 Å². The number of rotatable bonds is 2. The summed E-state index contributed by atoms with van der Waals surface area (Å²) >= 11 is 11.2. The summed E-state index contributed by atoms with van der Waals surface area (Å²) in [5.41, 5.74) is 0. The SMILES string of the molecule is CC(C)C1OCC(C(Cl)Cl)O1. The first-order valence-electron chi connectivity index (χ1n) is 3.66. The van der Waals surface area contributed by atoms with Crippen LogP contribution in [0.1, 0.15) is 13.8 Å². The molecule has 1 heterocycles. The van der Waals surface area contributed by atoms with Crippen molar-refractivity contribution in [2.45, 2.75) is 31.1 Å². The van der Waals surface area contributed by atoms with Crippen molar-refractivity contribution < 1.29 is 9.47 Å². The van der Waals surface area contributed by atoms with E-state index in [4.69, 9.17) is 32.7 Å². The molecule has 2 atom stereocenters. The zero-order chi connectivity index (χ0) is 8.43. The third-order valence-electron chi connectivity index (χ3n) is 1.56. The lowest BCUT2D eigenvalue weighted by Crippen LogP contribution is -2.21. The average Bonchev–Trinajstić information content (AvgIpc) is 2.33. The van der Waals surface area contributed by atoms with Crippen molar-refractivity contribution in [1.29, 1.82) is 0 Å². The van der Waals surface area contributed by atoms with E-state index in [1.54, 1.807) is 0 Å². The van der Waals surface area contributed by atoms with Crippen LogP contribution in [0.15, 0.2) is 0 Å². The highest BCUT2D eigenvalue weighted by molar-refractivity contribution is 6.44. The number of halogens is 2. The summed E-state index contributed by atoms with van der Waals surface area (Å²) < 4.78 is 10.7. The molecule has 4 heteroatoms. The fourth-order valence-electron chi connectivity index (χ4n) is 0.922. The lowest BCUT2D eigenvalue weighted by molar-refractivity contribution is -0.0853. The molecule has 1 aliphatic rings. The normalized spacial score (nSPS) is 32.2. The zero-order valence-corrected chi connectivity index (χ0v) is 8.10. The molecule has 11 heavy (non-hydrogen) atoms. The molecule has 0 spiro atoms. The highest BCUT2D eigenvalue weighted by Gasteiger charge is 2.31. The summed E-state index contributed by atoms with van der Waals surface area (Å²) in [5, 5.41) is 0. The minimum Gasteiger partial charge on any atom is -0.350 e. The van der Waals surface area contributed by atoms with E-state index in [9.17, 15) is 0 Å². The van der Waals surface area contributed by atoms with Gasteiger partial charge >= 0.3 is 0 Å². The molecule has 0 N–H and O–H groups in total. The monoisotopic (exact) mass is 198 g/mol. The second kappa shape index (κ2) is 3.94. The number of hydrogen-bond donors (Lipinski definition) is 0. The Morgan fingerprint density at radius 1 is 1.36 bits per heavy atom. The van der Waals surface area contributed by atoms with Crippen LogP contribution in [0.2, 0.25) is 0 Å². The molecule has 1 aliphatic heterocycles. The largest absolute Gasteiger partial charge is 0.350 e. The molecular weight excluding hydrogens is 187 g/mol. The minimum atomic E-state index is -0.487. The number of hydrogen-bond acceptors (Lipinski definition) is 2. The molecule has 0 saturated carbocycles. The van der Waals surface area contributed by atoms with Crippen LogP contribution in [-0.2, 0) is 9.47 Å². The standard InChI is InChI=1S/C7H12Cl2O2/c1-4(2)7-10-3-5(11-7)6(8)9/h4-7H,3H2,1-2H3. The first kappa shape index (κ1) is 9.59. The third kappa shape index (κ3) is 2.48. The summed E-state index contributed by atoms with van der Waals surface area (Å²) in [4.78, 5) is -0.487. The van der Waals surface area contributed by atoms with Gasteiger partial charge in [0.15, 0.2) is 6.29 Å². The lowest BCUT2D eigenvalue weighted by Gasteiger charge is -2.14. The van der Waals surface area contributed by atoms with Gasteiger partial charge in [-0.3, -0.25) is 0 Å². The maximum atomic E-state index is 5.61. The van der Waals surface area contributed by atoms with E-state index in [0.29, 0.717) is 12.5 Å². The van der Waals surface area contributed by atoms with Crippen LogP contribution in [-0.4, -0.2) is 23.8 Å². The van der Waals surface area contributed by atoms with Crippen molar-refractivity contribution in [1.82, 2.24) is 0 Å². The second-order valence-corrected chi connectivity index (χ2v) is 4.12. The van der Waals surface area contributed by atoms with Gasteiger partial charge in [-0.15, -0.1) is 23.2 Å². The maximum absolute atomic E-state index is 5.61. The fourth-order valence-corrected chi connectivity index (χ4v) is 1.19. The Labute approximate surface area is 76.8 Å². The second-order valence-electron chi connectivity index (χ2n) is 2.95. The van der Waals surface area contributed by atoms with Gasteiger partial charge in [-0.2, -0.15) is 0 Å². The van der Waals surface area contributed by atoms with Crippen LogP contribution in [0, 0.1) is 5.92 Å². The molecule has 66 valence electrons. The van der Waals surface area contributed by atoms with E-state index in [1.165, 1.54) is 0 Å². The van der Waals surface area contributed by atoms with Gasteiger partial charge in [0, 0.05) is 5.92 Å². The maximum Gasteiger partial charge on any atom is 0.160 e. The average molecular weight is 199 g/mol. The molecule has 0 aromatic rings. The van der Waals surface area contributed by atoms with Crippen LogP contribution >= 0.6 is 23.2 Å². The van der Waals surface area contributed by atoms with E-state index in [0.717, 1.165) is 0 Å². The van der Waals surface area contributed by atoms with E-state index < -0.39 is 4.84 Å². The Kier molecular flexibility index (Phi) is 3.44. The highest BCUT2D eigenvalue weighted by atomic mass is 35.5. The van der Waals surface area contributed by atoms with Crippen LogP contribution in [0.3, 0.4) is 0 Å². The van der Waals surface area contributed by atoms with Gasteiger partial charge in [0.05, 0.1) is 6.61 Å². The molecule has 0 radical (unpaired) electrons. The van der Waals surface area contributed by atoms with Crippen LogP contribution in [0.4, 0.5) is 0 Å². The van der Waals surface area contributed by atoms with E-state index in [1.807, 2.05) is 13.8 Å². The Morgan fingerprint density at radius 3 is 2.27 bits per heavy atom. The molecule has 0 aromatic carbocycles.